The number of amides is 1. The molecule has 0 unspecified atom stereocenters. The van der Waals surface area contributed by atoms with Crippen LogP contribution in [0.3, 0.4) is 0 Å². The van der Waals surface area contributed by atoms with E-state index in [1.54, 1.807) is 7.11 Å². The van der Waals surface area contributed by atoms with E-state index in [2.05, 4.69) is 12.2 Å². The molecule has 2 atom stereocenters. The first-order chi connectivity index (χ1) is 12.1. The number of rotatable bonds is 8. The molecule has 25 heavy (non-hydrogen) atoms. The third-order valence-electron chi connectivity index (χ3n) is 4.27. The fraction of sp³-hybridized carbons (Fsp3) is 0.381. The second-order valence-electron chi connectivity index (χ2n) is 6.02. The van der Waals surface area contributed by atoms with Gasteiger partial charge in [-0.05, 0) is 49.1 Å². The number of hydrogen-bond acceptors (Lipinski definition) is 3. The van der Waals surface area contributed by atoms with Crippen LogP contribution in [0, 0.1) is 6.92 Å². The fourth-order valence-corrected chi connectivity index (χ4v) is 2.69. The highest BCUT2D eigenvalue weighted by atomic mass is 16.5. The molecule has 0 heterocycles. The van der Waals surface area contributed by atoms with Gasteiger partial charge < -0.3 is 14.8 Å². The average molecular weight is 341 g/mol. The van der Waals surface area contributed by atoms with Crippen LogP contribution in [-0.4, -0.2) is 19.1 Å². The van der Waals surface area contributed by atoms with E-state index in [4.69, 9.17) is 9.47 Å². The molecule has 0 bridgehead atoms. The lowest BCUT2D eigenvalue weighted by Crippen LogP contribution is -2.40. The Morgan fingerprint density at radius 2 is 1.72 bits per heavy atom. The van der Waals surface area contributed by atoms with Crippen molar-refractivity contribution in [3.8, 4) is 11.5 Å². The zero-order valence-electron chi connectivity index (χ0n) is 15.4. The van der Waals surface area contributed by atoms with Crippen molar-refractivity contribution < 1.29 is 14.3 Å². The van der Waals surface area contributed by atoms with Crippen molar-refractivity contribution >= 4 is 5.91 Å². The van der Waals surface area contributed by atoms with E-state index in [9.17, 15) is 4.79 Å². The van der Waals surface area contributed by atoms with Gasteiger partial charge in [-0.25, -0.2) is 0 Å². The summed E-state index contributed by atoms with van der Waals surface area (Å²) < 4.78 is 11.1. The van der Waals surface area contributed by atoms with Gasteiger partial charge in [0.1, 0.15) is 11.5 Å². The van der Waals surface area contributed by atoms with Crippen molar-refractivity contribution in [1.29, 1.82) is 0 Å². The highest BCUT2D eigenvalue weighted by Gasteiger charge is 2.22. The first-order valence-corrected chi connectivity index (χ1v) is 8.75. The highest BCUT2D eigenvalue weighted by molar-refractivity contribution is 5.81. The molecule has 4 heteroatoms. The summed E-state index contributed by atoms with van der Waals surface area (Å²) in [4.78, 5) is 12.7. The molecule has 0 aliphatic heterocycles. The molecule has 1 N–H and O–H groups in total. The van der Waals surface area contributed by atoms with Crippen molar-refractivity contribution in [1.82, 2.24) is 5.32 Å². The van der Waals surface area contributed by atoms with Gasteiger partial charge in [-0.2, -0.15) is 0 Å². The minimum absolute atomic E-state index is 0.0482. The standard InChI is InChI=1S/C21H27NO3/c1-5-18(16-11-13-17(24-4)14-12-16)22-21(23)19(6-2)25-20-10-8-7-9-15(20)3/h7-14,18-19H,5-6H2,1-4H3,(H,22,23)/t18-,19+/m0/s1. The Kier molecular flexibility index (Phi) is 6.87. The smallest absolute Gasteiger partial charge is 0.261 e. The number of aryl methyl sites for hydroxylation is 1. The number of para-hydroxylation sites is 1. The highest BCUT2D eigenvalue weighted by Crippen LogP contribution is 2.22. The minimum atomic E-state index is -0.506. The lowest BCUT2D eigenvalue weighted by Gasteiger charge is -2.23. The van der Waals surface area contributed by atoms with Crippen LogP contribution in [0.5, 0.6) is 11.5 Å². The molecule has 0 saturated heterocycles. The molecule has 0 saturated carbocycles. The van der Waals surface area contributed by atoms with E-state index in [1.807, 2.05) is 62.4 Å². The molecule has 0 aliphatic carbocycles. The van der Waals surface area contributed by atoms with Crippen LogP contribution in [0.2, 0.25) is 0 Å². The van der Waals surface area contributed by atoms with Crippen LogP contribution in [-0.2, 0) is 4.79 Å². The Balaban J connectivity index is 2.06. The molecule has 0 spiro atoms. The summed E-state index contributed by atoms with van der Waals surface area (Å²) in [7, 11) is 1.64. The van der Waals surface area contributed by atoms with Gasteiger partial charge in [-0.15, -0.1) is 0 Å². The van der Waals surface area contributed by atoms with Gasteiger partial charge in [0, 0.05) is 0 Å². The summed E-state index contributed by atoms with van der Waals surface area (Å²) in [6.07, 6.45) is 0.909. The van der Waals surface area contributed by atoms with E-state index in [-0.39, 0.29) is 11.9 Å². The molecule has 1 amide bonds. The Morgan fingerprint density at radius 3 is 2.28 bits per heavy atom. The summed E-state index contributed by atoms with van der Waals surface area (Å²) in [5.41, 5.74) is 2.08. The molecule has 2 rings (SSSR count). The molecule has 134 valence electrons. The summed E-state index contributed by atoms with van der Waals surface area (Å²) in [6.45, 7) is 5.99. The third kappa shape index (κ3) is 4.99. The first-order valence-electron chi connectivity index (χ1n) is 8.75. The predicted molar refractivity (Wildman–Crippen MR) is 100 cm³/mol. The maximum Gasteiger partial charge on any atom is 0.261 e. The SMILES string of the molecule is CC[C@H](NC(=O)[C@@H](CC)Oc1ccccc1C)c1ccc(OC)cc1. The summed E-state index contributed by atoms with van der Waals surface area (Å²) in [6, 6.07) is 15.5. The van der Waals surface area contributed by atoms with Gasteiger partial charge in [0.2, 0.25) is 0 Å². The van der Waals surface area contributed by atoms with Crippen molar-refractivity contribution in [3.63, 3.8) is 0 Å². The quantitative estimate of drug-likeness (QED) is 0.773. The number of hydrogen-bond donors (Lipinski definition) is 1. The van der Waals surface area contributed by atoms with Crippen molar-refractivity contribution in [2.24, 2.45) is 0 Å². The van der Waals surface area contributed by atoms with Gasteiger partial charge in [-0.3, -0.25) is 4.79 Å². The van der Waals surface area contributed by atoms with Gasteiger partial charge in [0.05, 0.1) is 13.2 Å². The van der Waals surface area contributed by atoms with Crippen LogP contribution in [0.15, 0.2) is 48.5 Å². The largest absolute Gasteiger partial charge is 0.497 e. The maximum absolute atomic E-state index is 12.7. The van der Waals surface area contributed by atoms with Gasteiger partial charge in [0.25, 0.3) is 5.91 Å². The van der Waals surface area contributed by atoms with Gasteiger partial charge in [0.15, 0.2) is 6.10 Å². The molecular formula is C21H27NO3. The molecule has 2 aromatic carbocycles. The third-order valence-corrected chi connectivity index (χ3v) is 4.27. The van der Waals surface area contributed by atoms with Crippen LogP contribution in [0.1, 0.15) is 43.9 Å². The zero-order valence-corrected chi connectivity index (χ0v) is 15.4. The van der Waals surface area contributed by atoms with E-state index in [0.29, 0.717) is 6.42 Å². The Hall–Kier alpha value is -2.49. The number of benzene rings is 2. The summed E-state index contributed by atoms with van der Waals surface area (Å²) in [5.74, 6) is 1.47. The van der Waals surface area contributed by atoms with Crippen LogP contribution >= 0.6 is 0 Å². The van der Waals surface area contributed by atoms with E-state index in [0.717, 1.165) is 29.0 Å². The number of carbonyl (C=O) groups is 1. The lowest BCUT2D eigenvalue weighted by atomic mass is 10.0. The maximum atomic E-state index is 12.7. The molecule has 2 aromatic rings. The van der Waals surface area contributed by atoms with E-state index >= 15 is 0 Å². The van der Waals surface area contributed by atoms with Crippen molar-refractivity contribution in [3.05, 3.63) is 59.7 Å². The molecule has 0 aliphatic rings. The van der Waals surface area contributed by atoms with Crippen LogP contribution in [0.25, 0.3) is 0 Å². The molecule has 4 nitrogen and oxygen atoms in total. The van der Waals surface area contributed by atoms with Crippen LogP contribution < -0.4 is 14.8 Å². The zero-order chi connectivity index (χ0) is 18.2. The molecular weight excluding hydrogens is 314 g/mol. The summed E-state index contributed by atoms with van der Waals surface area (Å²) in [5, 5.41) is 3.11. The summed E-state index contributed by atoms with van der Waals surface area (Å²) >= 11 is 0. The lowest BCUT2D eigenvalue weighted by molar-refractivity contribution is -0.129. The van der Waals surface area contributed by atoms with E-state index in [1.165, 1.54) is 0 Å². The van der Waals surface area contributed by atoms with Crippen molar-refractivity contribution in [2.75, 3.05) is 7.11 Å². The second-order valence-corrected chi connectivity index (χ2v) is 6.02. The Bertz CT molecular complexity index is 682. The minimum Gasteiger partial charge on any atom is -0.497 e. The normalized spacial score (nSPS) is 13.0. The number of carbonyl (C=O) groups excluding carboxylic acids is 1. The van der Waals surface area contributed by atoms with Gasteiger partial charge >= 0.3 is 0 Å². The number of ether oxygens (including phenoxy) is 2. The molecule has 0 aromatic heterocycles. The van der Waals surface area contributed by atoms with E-state index < -0.39 is 6.10 Å². The average Bonchev–Trinajstić information content (AvgIpc) is 2.65. The van der Waals surface area contributed by atoms with Gasteiger partial charge in [-0.1, -0.05) is 44.2 Å². The number of methoxy groups -OCH3 is 1. The Labute approximate surface area is 150 Å². The van der Waals surface area contributed by atoms with Crippen molar-refractivity contribution in [2.45, 2.75) is 45.8 Å². The first kappa shape index (κ1) is 18.8. The van der Waals surface area contributed by atoms with Crippen LogP contribution in [0.4, 0.5) is 0 Å². The number of nitrogens with one attached hydrogen (secondary N) is 1. The topological polar surface area (TPSA) is 47.6 Å². The second kappa shape index (κ2) is 9.11. The molecule has 0 radical (unpaired) electrons. The molecule has 0 fully saturated rings. The predicted octanol–water partition coefficient (Wildman–Crippen LogP) is 4.43. The fourth-order valence-electron chi connectivity index (χ4n) is 2.69. The Morgan fingerprint density at radius 1 is 1.04 bits per heavy atom. The monoisotopic (exact) mass is 341 g/mol.